The number of benzene rings is 1. The van der Waals surface area contributed by atoms with Crippen LogP contribution in [-0.4, -0.2) is 31.7 Å². The molecule has 2 aromatic rings. The van der Waals surface area contributed by atoms with Gasteiger partial charge in [0, 0.05) is 11.6 Å². The topological polar surface area (TPSA) is 46.8 Å². The molecule has 0 N–H and O–H groups in total. The normalized spacial score (nSPS) is 14.9. The van der Waals surface area contributed by atoms with E-state index >= 15 is 0 Å². The van der Waals surface area contributed by atoms with Gasteiger partial charge in [-0.05, 0) is 41.4 Å². The average Bonchev–Trinajstić information content (AvgIpc) is 3.20. The molecular weight excluding hydrogens is 274 g/mol. The molecular formula is C14H18ClN5. The Balaban J connectivity index is 1.70. The van der Waals surface area contributed by atoms with Crippen molar-refractivity contribution in [3.05, 3.63) is 40.7 Å². The number of nitrogens with zero attached hydrogens (tertiary/aromatic N) is 5. The van der Waals surface area contributed by atoms with Gasteiger partial charge in [0.1, 0.15) is 0 Å². The Labute approximate surface area is 123 Å². The largest absolute Gasteiger partial charge is 0.292 e. The monoisotopic (exact) mass is 291 g/mol. The zero-order chi connectivity index (χ0) is 13.9. The van der Waals surface area contributed by atoms with Gasteiger partial charge in [-0.25, -0.2) is 4.68 Å². The third kappa shape index (κ3) is 2.99. The molecule has 0 spiro atoms. The van der Waals surface area contributed by atoms with Gasteiger partial charge < -0.3 is 0 Å². The second-order valence-corrected chi connectivity index (χ2v) is 5.57. The van der Waals surface area contributed by atoms with Gasteiger partial charge in [0.05, 0.1) is 12.6 Å². The fraction of sp³-hybridized carbons (Fsp3) is 0.500. The minimum atomic E-state index is 0.513. The molecule has 5 nitrogen and oxygen atoms in total. The van der Waals surface area contributed by atoms with E-state index in [1.807, 2.05) is 22.9 Å². The standard InChI is InChI=1S/C14H18ClN5/c1-2-19(9-11-5-3-4-6-13(11)15)10-14-16-17-18-20(14)12-7-8-12/h3-6,12H,2,7-10H2,1H3. The molecule has 0 saturated heterocycles. The van der Waals surface area contributed by atoms with Gasteiger partial charge in [0.15, 0.2) is 5.82 Å². The maximum absolute atomic E-state index is 6.23. The van der Waals surface area contributed by atoms with Crippen molar-refractivity contribution in [2.45, 2.75) is 38.9 Å². The van der Waals surface area contributed by atoms with Crippen LogP contribution in [0.4, 0.5) is 0 Å². The summed E-state index contributed by atoms with van der Waals surface area (Å²) in [5.74, 6) is 0.946. The molecule has 0 aliphatic heterocycles. The zero-order valence-electron chi connectivity index (χ0n) is 11.5. The van der Waals surface area contributed by atoms with Crippen LogP contribution >= 0.6 is 11.6 Å². The molecule has 0 unspecified atom stereocenters. The summed E-state index contributed by atoms with van der Waals surface area (Å²) in [7, 11) is 0. The quantitative estimate of drug-likeness (QED) is 0.821. The Kier molecular flexibility index (Phi) is 3.98. The highest BCUT2D eigenvalue weighted by Gasteiger charge is 2.28. The lowest BCUT2D eigenvalue weighted by Gasteiger charge is -2.20. The Hall–Kier alpha value is -1.46. The van der Waals surface area contributed by atoms with Crippen LogP contribution in [0.3, 0.4) is 0 Å². The molecule has 0 amide bonds. The summed E-state index contributed by atoms with van der Waals surface area (Å²) in [5, 5.41) is 12.9. The molecule has 0 radical (unpaired) electrons. The molecule has 106 valence electrons. The summed E-state index contributed by atoms with van der Waals surface area (Å²) < 4.78 is 1.97. The summed E-state index contributed by atoms with van der Waals surface area (Å²) in [6, 6.07) is 8.48. The van der Waals surface area contributed by atoms with Crippen LogP contribution in [0.1, 0.15) is 37.2 Å². The van der Waals surface area contributed by atoms with Crippen LogP contribution in [0, 0.1) is 0 Å². The molecule has 1 saturated carbocycles. The lowest BCUT2D eigenvalue weighted by Crippen LogP contribution is -2.24. The van der Waals surface area contributed by atoms with Crippen molar-refractivity contribution in [3.63, 3.8) is 0 Å². The van der Waals surface area contributed by atoms with Crippen LogP contribution in [0.25, 0.3) is 0 Å². The van der Waals surface area contributed by atoms with Crippen molar-refractivity contribution in [1.82, 2.24) is 25.1 Å². The molecule has 1 aromatic carbocycles. The third-order valence-corrected chi connectivity index (χ3v) is 3.99. The average molecular weight is 292 g/mol. The van der Waals surface area contributed by atoms with Gasteiger partial charge in [-0.3, -0.25) is 4.90 Å². The number of aromatic nitrogens is 4. The van der Waals surface area contributed by atoms with Crippen LogP contribution in [0.2, 0.25) is 5.02 Å². The number of hydrogen-bond donors (Lipinski definition) is 0. The lowest BCUT2D eigenvalue weighted by atomic mass is 10.2. The van der Waals surface area contributed by atoms with E-state index < -0.39 is 0 Å². The molecule has 1 heterocycles. The van der Waals surface area contributed by atoms with E-state index in [9.17, 15) is 0 Å². The lowest BCUT2D eigenvalue weighted by molar-refractivity contribution is 0.258. The van der Waals surface area contributed by atoms with E-state index in [0.717, 1.165) is 36.0 Å². The Morgan fingerprint density at radius 3 is 2.80 bits per heavy atom. The van der Waals surface area contributed by atoms with E-state index in [2.05, 4.69) is 33.4 Å². The fourth-order valence-corrected chi connectivity index (χ4v) is 2.46. The van der Waals surface area contributed by atoms with Crippen molar-refractivity contribution in [2.75, 3.05) is 6.54 Å². The summed E-state index contributed by atoms with van der Waals surface area (Å²) in [6.07, 6.45) is 2.38. The second-order valence-electron chi connectivity index (χ2n) is 5.17. The van der Waals surface area contributed by atoms with E-state index in [1.54, 1.807) is 0 Å². The van der Waals surface area contributed by atoms with Gasteiger partial charge in [0.25, 0.3) is 0 Å². The van der Waals surface area contributed by atoms with Crippen LogP contribution in [0.5, 0.6) is 0 Å². The zero-order valence-corrected chi connectivity index (χ0v) is 12.3. The van der Waals surface area contributed by atoms with Crippen LogP contribution < -0.4 is 0 Å². The first-order chi connectivity index (χ1) is 9.78. The van der Waals surface area contributed by atoms with Gasteiger partial charge in [-0.1, -0.05) is 36.7 Å². The summed E-state index contributed by atoms with van der Waals surface area (Å²) in [4.78, 5) is 2.30. The van der Waals surface area contributed by atoms with Crippen molar-refractivity contribution >= 4 is 11.6 Å². The first-order valence-corrected chi connectivity index (χ1v) is 7.38. The van der Waals surface area contributed by atoms with E-state index in [-0.39, 0.29) is 0 Å². The highest BCUT2D eigenvalue weighted by atomic mass is 35.5. The number of tetrazole rings is 1. The Morgan fingerprint density at radius 1 is 1.30 bits per heavy atom. The highest BCUT2D eigenvalue weighted by Crippen LogP contribution is 2.34. The number of hydrogen-bond acceptors (Lipinski definition) is 4. The maximum atomic E-state index is 6.23. The molecule has 0 atom stereocenters. The summed E-state index contributed by atoms with van der Waals surface area (Å²) in [5.41, 5.74) is 1.14. The molecule has 20 heavy (non-hydrogen) atoms. The van der Waals surface area contributed by atoms with E-state index in [0.29, 0.717) is 6.04 Å². The van der Waals surface area contributed by atoms with Crippen molar-refractivity contribution in [3.8, 4) is 0 Å². The predicted octanol–water partition coefficient (Wildman–Crippen LogP) is 2.68. The third-order valence-electron chi connectivity index (χ3n) is 3.62. The van der Waals surface area contributed by atoms with Crippen molar-refractivity contribution in [1.29, 1.82) is 0 Å². The molecule has 1 aliphatic carbocycles. The SMILES string of the molecule is CCN(Cc1ccccc1Cl)Cc1nnnn1C1CC1. The fourth-order valence-electron chi connectivity index (χ4n) is 2.27. The molecule has 6 heteroatoms. The van der Waals surface area contributed by atoms with Crippen LogP contribution in [-0.2, 0) is 13.1 Å². The smallest absolute Gasteiger partial charge is 0.165 e. The van der Waals surface area contributed by atoms with Gasteiger partial charge in [0.2, 0.25) is 0 Å². The first kappa shape index (κ1) is 13.5. The van der Waals surface area contributed by atoms with Gasteiger partial charge in [-0.2, -0.15) is 0 Å². The Bertz CT molecular complexity index is 578. The van der Waals surface area contributed by atoms with E-state index in [1.165, 1.54) is 12.8 Å². The number of halogens is 1. The second kappa shape index (κ2) is 5.89. The highest BCUT2D eigenvalue weighted by molar-refractivity contribution is 6.31. The van der Waals surface area contributed by atoms with Crippen molar-refractivity contribution < 1.29 is 0 Å². The minimum absolute atomic E-state index is 0.513. The first-order valence-electron chi connectivity index (χ1n) is 7.00. The van der Waals surface area contributed by atoms with Crippen molar-refractivity contribution in [2.24, 2.45) is 0 Å². The number of rotatable bonds is 6. The molecule has 0 bridgehead atoms. The van der Waals surface area contributed by atoms with Gasteiger partial charge in [-0.15, -0.1) is 5.10 Å². The summed E-state index contributed by atoms with van der Waals surface area (Å²) >= 11 is 6.23. The van der Waals surface area contributed by atoms with Crippen LogP contribution in [0.15, 0.2) is 24.3 Å². The summed E-state index contributed by atoms with van der Waals surface area (Å²) in [6.45, 7) is 4.64. The molecule has 1 fully saturated rings. The molecule has 1 aromatic heterocycles. The maximum Gasteiger partial charge on any atom is 0.165 e. The molecule has 1 aliphatic rings. The predicted molar refractivity (Wildman–Crippen MR) is 77.3 cm³/mol. The van der Waals surface area contributed by atoms with Gasteiger partial charge >= 0.3 is 0 Å². The Morgan fingerprint density at radius 2 is 2.10 bits per heavy atom. The minimum Gasteiger partial charge on any atom is -0.292 e. The van der Waals surface area contributed by atoms with E-state index in [4.69, 9.17) is 11.6 Å². The molecule has 3 rings (SSSR count).